The van der Waals surface area contributed by atoms with E-state index in [1.54, 1.807) is 46.3 Å². The van der Waals surface area contributed by atoms with E-state index in [9.17, 15) is 13.9 Å². The highest BCUT2D eigenvalue weighted by molar-refractivity contribution is 5.57. The summed E-state index contributed by atoms with van der Waals surface area (Å²) < 4.78 is 43.5. The van der Waals surface area contributed by atoms with E-state index in [-0.39, 0.29) is 30.3 Å². The number of ether oxygens (including phenoxy) is 2. The lowest BCUT2D eigenvalue weighted by Crippen LogP contribution is -2.35. The van der Waals surface area contributed by atoms with E-state index in [2.05, 4.69) is 15.3 Å². The molecule has 2 aromatic heterocycles. The van der Waals surface area contributed by atoms with Crippen molar-refractivity contribution in [3.8, 4) is 17.0 Å². The molecule has 1 aliphatic heterocycles. The van der Waals surface area contributed by atoms with Crippen LogP contribution in [0.2, 0.25) is 0 Å². The number of imidazole rings is 1. The standard InChI is InChI=1S/C22H19F2N5O3/c23-16-3-1-15(2-4-16)21-11-29(27-26-21)10-18-12-31-22(32-18,13-28-8-7-25-14-28)19-6-5-17(30)9-20(19)24/h1-9,11,14,18,30H,10,12-13H2/t18-,22-/m0/s1. The maximum absolute atomic E-state index is 14.8. The topological polar surface area (TPSA) is 87.2 Å². The molecule has 0 unspecified atom stereocenters. The van der Waals surface area contributed by atoms with Gasteiger partial charge >= 0.3 is 0 Å². The van der Waals surface area contributed by atoms with Crippen LogP contribution < -0.4 is 0 Å². The third-order valence-electron chi connectivity index (χ3n) is 5.24. The fourth-order valence-corrected chi connectivity index (χ4v) is 3.75. The van der Waals surface area contributed by atoms with Gasteiger partial charge in [0.25, 0.3) is 0 Å². The van der Waals surface area contributed by atoms with Crippen LogP contribution in [0.1, 0.15) is 5.56 Å². The first-order valence-corrected chi connectivity index (χ1v) is 9.93. The van der Waals surface area contributed by atoms with Crippen molar-refractivity contribution in [3.05, 3.63) is 84.6 Å². The Bertz CT molecular complexity index is 1210. The number of hydrogen-bond donors (Lipinski definition) is 1. The van der Waals surface area contributed by atoms with Crippen LogP contribution in [0.15, 0.2) is 67.4 Å². The number of phenols is 1. The summed E-state index contributed by atoms with van der Waals surface area (Å²) >= 11 is 0. The summed E-state index contributed by atoms with van der Waals surface area (Å²) in [5.41, 5.74) is 1.51. The van der Waals surface area contributed by atoms with Crippen molar-refractivity contribution < 1.29 is 23.4 Å². The Morgan fingerprint density at radius 3 is 2.75 bits per heavy atom. The molecule has 5 rings (SSSR count). The summed E-state index contributed by atoms with van der Waals surface area (Å²) in [4.78, 5) is 4.02. The highest BCUT2D eigenvalue weighted by atomic mass is 19.1. The van der Waals surface area contributed by atoms with Crippen molar-refractivity contribution in [2.24, 2.45) is 0 Å². The Labute approximate surface area is 181 Å². The number of benzene rings is 2. The van der Waals surface area contributed by atoms with Gasteiger partial charge in [-0.15, -0.1) is 5.10 Å². The molecule has 0 saturated carbocycles. The van der Waals surface area contributed by atoms with Crippen LogP contribution in [0.3, 0.4) is 0 Å². The van der Waals surface area contributed by atoms with Crippen molar-refractivity contribution in [3.63, 3.8) is 0 Å². The zero-order valence-corrected chi connectivity index (χ0v) is 16.8. The van der Waals surface area contributed by atoms with Gasteiger partial charge < -0.3 is 19.1 Å². The zero-order valence-electron chi connectivity index (χ0n) is 16.8. The lowest BCUT2D eigenvalue weighted by atomic mass is 10.0. The molecule has 3 heterocycles. The zero-order chi connectivity index (χ0) is 22.1. The first-order chi connectivity index (χ1) is 15.5. The number of hydrogen-bond acceptors (Lipinski definition) is 6. The van der Waals surface area contributed by atoms with Crippen molar-refractivity contribution in [2.75, 3.05) is 6.61 Å². The summed E-state index contributed by atoms with van der Waals surface area (Å²) in [6.45, 7) is 0.684. The molecule has 1 aliphatic rings. The van der Waals surface area contributed by atoms with Crippen LogP contribution in [0, 0.1) is 11.6 Å². The first-order valence-electron chi connectivity index (χ1n) is 9.93. The molecule has 164 valence electrons. The summed E-state index contributed by atoms with van der Waals surface area (Å²) in [7, 11) is 0. The molecule has 32 heavy (non-hydrogen) atoms. The van der Waals surface area contributed by atoms with Crippen LogP contribution in [0.5, 0.6) is 5.75 Å². The van der Waals surface area contributed by atoms with E-state index in [0.29, 0.717) is 12.2 Å². The predicted molar refractivity (Wildman–Crippen MR) is 108 cm³/mol. The molecule has 0 bridgehead atoms. The minimum Gasteiger partial charge on any atom is -0.508 e. The molecule has 8 nitrogen and oxygen atoms in total. The number of aromatic hydroxyl groups is 1. The third-order valence-corrected chi connectivity index (χ3v) is 5.24. The Balaban J connectivity index is 1.37. The van der Waals surface area contributed by atoms with E-state index < -0.39 is 17.7 Å². The van der Waals surface area contributed by atoms with E-state index >= 15 is 0 Å². The summed E-state index contributed by atoms with van der Waals surface area (Å²) in [6.07, 6.45) is 6.22. The summed E-state index contributed by atoms with van der Waals surface area (Å²) in [5.74, 6) is -2.54. The van der Waals surface area contributed by atoms with Gasteiger partial charge in [-0.3, -0.25) is 0 Å². The number of aromatic nitrogens is 5. The predicted octanol–water partition coefficient (Wildman–Crippen LogP) is 3.09. The van der Waals surface area contributed by atoms with Gasteiger partial charge in [0.1, 0.15) is 29.2 Å². The third kappa shape index (κ3) is 3.97. The van der Waals surface area contributed by atoms with Crippen LogP contribution in [0.25, 0.3) is 11.3 Å². The minimum absolute atomic E-state index is 0.170. The second kappa shape index (κ2) is 8.13. The normalized spacial score (nSPS) is 20.6. The molecule has 1 N–H and O–H groups in total. The fraction of sp³-hybridized carbons (Fsp3) is 0.227. The van der Waals surface area contributed by atoms with Crippen molar-refractivity contribution in [1.29, 1.82) is 0 Å². The van der Waals surface area contributed by atoms with Crippen LogP contribution in [-0.2, 0) is 28.4 Å². The monoisotopic (exact) mass is 439 g/mol. The number of halogens is 2. The molecule has 1 saturated heterocycles. The average molecular weight is 439 g/mol. The summed E-state index contributed by atoms with van der Waals surface area (Å²) in [5, 5.41) is 17.9. The van der Waals surface area contributed by atoms with Gasteiger partial charge in [-0.1, -0.05) is 5.21 Å². The van der Waals surface area contributed by atoms with Crippen molar-refractivity contribution >= 4 is 0 Å². The highest BCUT2D eigenvalue weighted by Crippen LogP contribution is 2.38. The second-order valence-corrected chi connectivity index (χ2v) is 7.54. The largest absolute Gasteiger partial charge is 0.508 e. The van der Waals surface area contributed by atoms with Gasteiger partial charge in [0, 0.05) is 29.6 Å². The van der Waals surface area contributed by atoms with Gasteiger partial charge in [-0.2, -0.15) is 0 Å². The van der Waals surface area contributed by atoms with Crippen LogP contribution in [0.4, 0.5) is 8.78 Å². The van der Waals surface area contributed by atoms with Gasteiger partial charge in [-0.25, -0.2) is 18.4 Å². The minimum atomic E-state index is -1.40. The van der Waals surface area contributed by atoms with Gasteiger partial charge in [0.2, 0.25) is 5.79 Å². The Hall–Kier alpha value is -3.63. The van der Waals surface area contributed by atoms with Crippen molar-refractivity contribution in [2.45, 2.75) is 25.0 Å². The van der Waals surface area contributed by atoms with Crippen LogP contribution >= 0.6 is 0 Å². The molecular weight excluding hydrogens is 420 g/mol. The fourth-order valence-electron chi connectivity index (χ4n) is 3.75. The number of nitrogens with zero attached hydrogens (tertiary/aromatic N) is 5. The molecule has 0 amide bonds. The van der Waals surface area contributed by atoms with E-state index in [1.807, 2.05) is 0 Å². The number of rotatable bonds is 6. The smallest absolute Gasteiger partial charge is 0.216 e. The molecule has 0 spiro atoms. The lowest BCUT2D eigenvalue weighted by molar-refractivity contribution is -0.190. The van der Waals surface area contributed by atoms with Crippen molar-refractivity contribution in [1.82, 2.24) is 24.5 Å². The van der Waals surface area contributed by atoms with Crippen LogP contribution in [-0.4, -0.2) is 42.4 Å². The maximum Gasteiger partial charge on any atom is 0.216 e. The van der Waals surface area contributed by atoms with Gasteiger partial charge in [0.05, 0.1) is 32.2 Å². The van der Waals surface area contributed by atoms with E-state index in [1.165, 1.54) is 24.3 Å². The molecule has 1 fully saturated rings. The maximum atomic E-state index is 14.8. The molecule has 0 radical (unpaired) electrons. The Morgan fingerprint density at radius 2 is 2.00 bits per heavy atom. The second-order valence-electron chi connectivity index (χ2n) is 7.54. The quantitative estimate of drug-likeness (QED) is 0.497. The average Bonchev–Trinajstić information content (AvgIpc) is 3.52. The lowest BCUT2D eigenvalue weighted by Gasteiger charge is -2.29. The van der Waals surface area contributed by atoms with Gasteiger partial charge in [-0.05, 0) is 36.4 Å². The Kier molecular flexibility index (Phi) is 5.16. The molecular formula is C22H19F2N5O3. The van der Waals surface area contributed by atoms with E-state index in [4.69, 9.17) is 9.47 Å². The summed E-state index contributed by atoms with van der Waals surface area (Å²) in [6, 6.07) is 9.84. The number of phenolic OH excluding ortho intramolecular Hbond substituents is 1. The molecule has 4 aromatic rings. The molecule has 10 heteroatoms. The first kappa shape index (κ1) is 20.3. The highest BCUT2D eigenvalue weighted by Gasteiger charge is 2.45. The molecule has 2 atom stereocenters. The van der Waals surface area contributed by atoms with E-state index in [0.717, 1.165) is 11.6 Å². The van der Waals surface area contributed by atoms with Gasteiger partial charge in [0.15, 0.2) is 0 Å². The Morgan fingerprint density at radius 1 is 1.16 bits per heavy atom. The molecule has 0 aliphatic carbocycles. The molecule has 2 aromatic carbocycles. The SMILES string of the molecule is Oc1ccc([C@@]2(Cn3ccnc3)OC[C@H](Cn3cc(-c4ccc(F)cc4)nn3)O2)c(F)c1.